The lowest BCUT2D eigenvalue weighted by molar-refractivity contribution is -0.111. The molecule has 2 aromatic rings. The number of rotatable bonds is 4. The van der Waals surface area contributed by atoms with E-state index in [1.54, 1.807) is 6.08 Å². The van der Waals surface area contributed by atoms with Crippen molar-refractivity contribution in [3.05, 3.63) is 57.5 Å². The summed E-state index contributed by atoms with van der Waals surface area (Å²) >= 11 is 1.43. The molecule has 0 aliphatic rings. The van der Waals surface area contributed by atoms with Gasteiger partial charge in [0.2, 0.25) is 5.91 Å². The number of nitrogens with one attached hydrogen (secondary N) is 1. The van der Waals surface area contributed by atoms with Crippen molar-refractivity contribution in [1.82, 2.24) is 0 Å². The predicted octanol–water partition coefficient (Wildman–Crippen LogP) is 5.01. The first-order valence-corrected chi connectivity index (χ1v) is 8.33. The minimum Gasteiger partial charge on any atom is -0.313 e. The molecule has 118 valence electrons. The number of nitriles is 1. The molecule has 0 saturated carbocycles. The molecule has 1 N–H and O–H groups in total. The van der Waals surface area contributed by atoms with E-state index in [9.17, 15) is 10.1 Å². The molecular formula is C19H20N2OS. The van der Waals surface area contributed by atoms with Gasteiger partial charge in [-0.05, 0) is 42.5 Å². The van der Waals surface area contributed by atoms with Gasteiger partial charge in [-0.15, -0.1) is 11.3 Å². The van der Waals surface area contributed by atoms with Crippen molar-refractivity contribution in [2.24, 2.45) is 0 Å². The molecule has 2 rings (SSSR count). The van der Waals surface area contributed by atoms with Gasteiger partial charge in [0.25, 0.3) is 0 Å². The van der Waals surface area contributed by atoms with Gasteiger partial charge in [-0.2, -0.15) is 5.26 Å². The van der Waals surface area contributed by atoms with E-state index in [1.165, 1.54) is 23.0 Å². The Kier molecular flexibility index (Phi) is 5.36. The highest BCUT2D eigenvalue weighted by Gasteiger charge is 2.13. The summed E-state index contributed by atoms with van der Waals surface area (Å²) in [6.45, 7) is 8.14. The number of benzene rings is 1. The topological polar surface area (TPSA) is 52.9 Å². The van der Waals surface area contributed by atoms with Crippen LogP contribution in [-0.4, -0.2) is 5.91 Å². The van der Waals surface area contributed by atoms with Crippen molar-refractivity contribution in [3.63, 3.8) is 0 Å². The van der Waals surface area contributed by atoms with Crippen molar-refractivity contribution in [1.29, 1.82) is 5.26 Å². The molecule has 0 unspecified atom stereocenters. The smallest absolute Gasteiger partial charge is 0.249 e. The summed E-state index contributed by atoms with van der Waals surface area (Å²) in [6.07, 6.45) is 3.27. The Hall–Kier alpha value is -2.38. The summed E-state index contributed by atoms with van der Waals surface area (Å²) in [7, 11) is 0. The quantitative estimate of drug-likeness (QED) is 0.804. The molecule has 23 heavy (non-hydrogen) atoms. The van der Waals surface area contributed by atoms with Crippen LogP contribution >= 0.6 is 11.3 Å². The molecule has 1 heterocycles. The SMILES string of the molecule is Cc1sc(NC(=O)C=Cc2ccc(C(C)C)cc2)c(C#N)c1C. The van der Waals surface area contributed by atoms with Gasteiger partial charge in [-0.25, -0.2) is 0 Å². The normalized spacial score (nSPS) is 11.0. The zero-order chi connectivity index (χ0) is 17.0. The van der Waals surface area contributed by atoms with Crippen molar-refractivity contribution < 1.29 is 4.79 Å². The molecule has 0 atom stereocenters. The zero-order valence-electron chi connectivity index (χ0n) is 13.8. The summed E-state index contributed by atoms with van der Waals surface area (Å²) in [5, 5.41) is 12.6. The molecular weight excluding hydrogens is 304 g/mol. The maximum absolute atomic E-state index is 12.0. The second-order valence-electron chi connectivity index (χ2n) is 5.74. The second-order valence-corrected chi connectivity index (χ2v) is 6.97. The molecule has 0 spiro atoms. The summed E-state index contributed by atoms with van der Waals surface area (Å²) in [5.41, 5.74) is 3.73. The first-order valence-electron chi connectivity index (χ1n) is 7.51. The van der Waals surface area contributed by atoms with Crippen LogP contribution < -0.4 is 5.32 Å². The first kappa shape index (κ1) is 17.0. The Bertz CT molecular complexity index is 777. The van der Waals surface area contributed by atoms with Crippen molar-refractivity contribution in [3.8, 4) is 6.07 Å². The summed E-state index contributed by atoms with van der Waals surface area (Å²) < 4.78 is 0. The van der Waals surface area contributed by atoms with Crippen LogP contribution in [-0.2, 0) is 4.79 Å². The molecule has 3 nitrogen and oxygen atoms in total. The molecule has 0 fully saturated rings. The fourth-order valence-electron chi connectivity index (χ4n) is 2.17. The number of nitrogens with zero attached hydrogens (tertiary/aromatic N) is 1. The largest absolute Gasteiger partial charge is 0.313 e. The third-order valence-corrected chi connectivity index (χ3v) is 4.89. The summed E-state index contributed by atoms with van der Waals surface area (Å²) in [6, 6.07) is 10.3. The lowest BCUT2D eigenvalue weighted by atomic mass is 10.0. The maximum atomic E-state index is 12.0. The van der Waals surface area contributed by atoms with E-state index in [-0.39, 0.29) is 5.91 Å². The third kappa shape index (κ3) is 4.08. The average Bonchev–Trinajstić information content (AvgIpc) is 2.79. The van der Waals surface area contributed by atoms with Crippen LogP contribution in [0.4, 0.5) is 5.00 Å². The minimum absolute atomic E-state index is 0.226. The highest BCUT2D eigenvalue weighted by atomic mass is 32.1. The van der Waals surface area contributed by atoms with Crippen LogP contribution in [0.5, 0.6) is 0 Å². The number of carbonyl (C=O) groups is 1. The number of anilines is 1. The second kappa shape index (κ2) is 7.26. The molecule has 1 amide bonds. The number of carbonyl (C=O) groups excluding carboxylic acids is 1. The number of thiophene rings is 1. The van der Waals surface area contributed by atoms with Crippen LogP contribution in [0.3, 0.4) is 0 Å². The fourth-order valence-corrected chi connectivity index (χ4v) is 3.18. The molecule has 0 bridgehead atoms. The number of amides is 1. The molecule has 0 aliphatic heterocycles. The Morgan fingerprint density at radius 3 is 2.48 bits per heavy atom. The van der Waals surface area contributed by atoms with Crippen LogP contribution in [0.25, 0.3) is 6.08 Å². The Labute approximate surface area is 141 Å². The van der Waals surface area contributed by atoms with Crippen molar-refractivity contribution in [2.45, 2.75) is 33.6 Å². The highest BCUT2D eigenvalue weighted by Crippen LogP contribution is 2.31. The van der Waals surface area contributed by atoms with Crippen LogP contribution in [0.2, 0.25) is 0 Å². The molecule has 0 radical (unpaired) electrons. The summed E-state index contributed by atoms with van der Waals surface area (Å²) in [4.78, 5) is 13.1. The van der Waals surface area contributed by atoms with Gasteiger partial charge < -0.3 is 5.32 Å². The van der Waals surface area contributed by atoms with Gasteiger partial charge >= 0.3 is 0 Å². The van der Waals surface area contributed by atoms with Gasteiger partial charge in [0.05, 0.1) is 5.56 Å². The number of hydrogen-bond donors (Lipinski definition) is 1. The zero-order valence-corrected chi connectivity index (χ0v) is 14.6. The number of hydrogen-bond acceptors (Lipinski definition) is 3. The van der Waals surface area contributed by atoms with Gasteiger partial charge in [0.15, 0.2) is 0 Å². The fraction of sp³-hybridized carbons (Fsp3) is 0.263. The lowest BCUT2D eigenvalue weighted by Gasteiger charge is -2.04. The van der Waals surface area contributed by atoms with Gasteiger partial charge in [0, 0.05) is 11.0 Å². The van der Waals surface area contributed by atoms with E-state index in [1.807, 2.05) is 26.0 Å². The molecule has 4 heteroatoms. The Morgan fingerprint density at radius 1 is 1.26 bits per heavy atom. The van der Waals surface area contributed by atoms with Crippen LogP contribution in [0.15, 0.2) is 30.3 Å². The first-order chi connectivity index (χ1) is 10.9. The minimum atomic E-state index is -0.226. The molecule has 1 aromatic heterocycles. The molecule has 1 aromatic carbocycles. The van der Waals surface area contributed by atoms with Crippen LogP contribution in [0.1, 0.15) is 46.9 Å². The van der Waals surface area contributed by atoms with Crippen LogP contribution in [0, 0.1) is 25.2 Å². The number of aryl methyl sites for hydroxylation is 1. The standard InChI is InChI=1S/C19H20N2OS/c1-12(2)16-8-5-15(6-9-16)7-10-18(22)21-19-17(11-20)13(3)14(4)23-19/h5-10,12H,1-4H3,(H,21,22). The lowest BCUT2D eigenvalue weighted by Crippen LogP contribution is -2.07. The van der Waals surface area contributed by atoms with Gasteiger partial charge in [-0.1, -0.05) is 38.1 Å². The average molecular weight is 324 g/mol. The van der Waals surface area contributed by atoms with E-state index >= 15 is 0 Å². The van der Waals surface area contributed by atoms with E-state index < -0.39 is 0 Å². The van der Waals surface area contributed by atoms with Crippen molar-refractivity contribution in [2.75, 3.05) is 5.32 Å². The van der Waals surface area contributed by atoms with E-state index in [0.29, 0.717) is 16.5 Å². The van der Waals surface area contributed by atoms with E-state index in [0.717, 1.165) is 16.0 Å². The van der Waals surface area contributed by atoms with E-state index in [2.05, 4.69) is 37.4 Å². The maximum Gasteiger partial charge on any atom is 0.249 e. The third-order valence-electron chi connectivity index (χ3n) is 3.76. The Morgan fingerprint density at radius 2 is 1.91 bits per heavy atom. The monoisotopic (exact) mass is 324 g/mol. The summed E-state index contributed by atoms with van der Waals surface area (Å²) in [5.74, 6) is 0.265. The molecule has 0 saturated heterocycles. The highest BCUT2D eigenvalue weighted by molar-refractivity contribution is 7.16. The van der Waals surface area contributed by atoms with Gasteiger partial charge in [-0.3, -0.25) is 4.79 Å². The van der Waals surface area contributed by atoms with E-state index in [4.69, 9.17) is 0 Å². The van der Waals surface area contributed by atoms with Crippen molar-refractivity contribution >= 4 is 28.3 Å². The van der Waals surface area contributed by atoms with Gasteiger partial charge in [0.1, 0.15) is 11.1 Å². The predicted molar refractivity (Wildman–Crippen MR) is 96.7 cm³/mol. The molecule has 0 aliphatic carbocycles. The Balaban J connectivity index is 2.08.